The Kier molecular flexibility index (Phi) is 3.33. The van der Waals surface area contributed by atoms with E-state index in [-0.39, 0.29) is 17.5 Å². The maximum Gasteiger partial charge on any atom is 0.302 e. The van der Waals surface area contributed by atoms with Gasteiger partial charge in [-0.3, -0.25) is 4.79 Å². The van der Waals surface area contributed by atoms with Gasteiger partial charge in [-0.25, -0.2) is 0 Å². The Balaban J connectivity index is 2.28. The van der Waals surface area contributed by atoms with Crippen LogP contribution < -0.4 is 0 Å². The molecule has 0 aromatic carbocycles. The van der Waals surface area contributed by atoms with E-state index in [1.807, 2.05) is 0 Å². The maximum absolute atomic E-state index is 11.2. The number of hydrogen-bond donors (Lipinski definition) is 0. The summed E-state index contributed by atoms with van der Waals surface area (Å²) in [4.78, 5) is 11.2. The topological polar surface area (TPSA) is 26.3 Å². The third kappa shape index (κ3) is 2.27. The summed E-state index contributed by atoms with van der Waals surface area (Å²) in [6, 6.07) is 0. The molecule has 2 aliphatic carbocycles. The van der Waals surface area contributed by atoms with Crippen LogP contribution >= 0.6 is 0 Å². The van der Waals surface area contributed by atoms with Crippen LogP contribution in [-0.2, 0) is 9.53 Å². The molecule has 1 fully saturated rings. The summed E-state index contributed by atoms with van der Waals surface area (Å²) in [6.45, 7) is 8.32. The number of hydrogen-bond acceptors (Lipinski definition) is 2. The standard InChI is InChI=1S/C15H24O2/c1-10-8-13-6-5-7-14(17-12(3)16)15(13,4)9-11(10)2/h9-10,13-14H,5-8H2,1-4H3. The highest BCUT2D eigenvalue weighted by Gasteiger charge is 2.46. The Morgan fingerprint density at radius 1 is 1.47 bits per heavy atom. The van der Waals surface area contributed by atoms with E-state index in [2.05, 4.69) is 26.8 Å². The van der Waals surface area contributed by atoms with E-state index in [0.29, 0.717) is 11.8 Å². The Labute approximate surface area is 104 Å². The summed E-state index contributed by atoms with van der Waals surface area (Å²) in [5, 5.41) is 0. The number of rotatable bonds is 1. The highest BCUT2D eigenvalue weighted by molar-refractivity contribution is 5.66. The van der Waals surface area contributed by atoms with E-state index in [4.69, 9.17) is 4.74 Å². The molecule has 0 saturated heterocycles. The Hall–Kier alpha value is -0.790. The maximum atomic E-state index is 11.2. The molecule has 0 aromatic rings. The van der Waals surface area contributed by atoms with E-state index >= 15 is 0 Å². The molecule has 0 amide bonds. The lowest BCUT2D eigenvalue weighted by Crippen LogP contribution is -2.46. The van der Waals surface area contributed by atoms with Crippen LogP contribution in [0.3, 0.4) is 0 Å². The van der Waals surface area contributed by atoms with Crippen LogP contribution in [0.25, 0.3) is 0 Å². The van der Waals surface area contributed by atoms with Crippen molar-refractivity contribution in [3.05, 3.63) is 11.6 Å². The third-order valence-electron chi connectivity index (χ3n) is 4.85. The molecule has 0 spiro atoms. The fourth-order valence-corrected chi connectivity index (χ4v) is 3.65. The third-order valence-corrected chi connectivity index (χ3v) is 4.85. The van der Waals surface area contributed by atoms with Crippen LogP contribution in [0.5, 0.6) is 0 Å². The zero-order valence-corrected chi connectivity index (χ0v) is 11.5. The fourth-order valence-electron chi connectivity index (χ4n) is 3.65. The lowest BCUT2D eigenvalue weighted by Gasteiger charge is -2.49. The zero-order chi connectivity index (χ0) is 12.6. The Morgan fingerprint density at radius 2 is 2.18 bits per heavy atom. The van der Waals surface area contributed by atoms with Gasteiger partial charge in [0.2, 0.25) is 0 Å². The summed E-state index contributed by atoms with van der Waals surface area (Å²) in [6.07, 6.45) is 7.21. The lowest BCUT2D eigenvalue weighted by atomic mass is 9.59. The van der Waals surface area contributed by atoms with Gasteiger partial charge in [-0.15, -0.1) is 0 Å². The average Bonchev–Trinajstić information content (AvgIpc) is 2.22. The summed E-state index contributed by atoms with van der Waals surface area (Å²) in [5.74, 6) is 1.23. The molecule has 2 nitrogen and oxygen atoms in total. The van der Waals surface area contributed by atoms with Gasteiger partial charge in [0.25, 0.3) is 0 Å². The smallest absolute Gasteiger partial charge is 0.302 e. The summed E-state index contributed by atoms with van der Waals surface area (Å²) in [5.41, 5.74) is 1.53. The SMILES string of the molecule is CC(=O)OC1CCCC2CC(C)C(C)=CC21C. The van der Waals surface area contributed by atoms with Crippen LogP contribution in [0.4, 0.5) is 0 Å². The first-order chi connectivity index (χ1) is 7.93. The molecule has 0 radical (unpaired) electrons. The van der Waals surface area contributed by atoms with Crippen LogP contribution in [0.1, 0.15) is 53.4 Å². The number of ether oxygens (including phenoxy) is 1. The molecule has 96 valence electrons. The Morgan fingerprint density at radius 3 is 2.82 bits per heavy atom. The molecule has 4 atom stereocenters. The van der Waals surface area contributed by atoms with Crippen LogP contribution in [0.15, 0.2) is 11.6 Å². The van der Waals surface area contributed by atoms with Gasteiger partial charge < -0.3 is 4.74 Å². The minimum absolute atomic E-state index is 0.0700. The molecular weight excluding hydrogens is 212 g/mol. The monoisotopic (exact) mass is 236 g/mol. The first-order valence-corrected chi connectivity index (χ1v) is 6.80. The van der Waals surface area contributed by atoms with Crippen molar-refractivity contribution in [2.45, 2.75) is 59.5 Å². The molecule has 1 saturated carbocycles. The molecular formula is C15H24O2. The van der Waals surface area contributed by atoms with Gasteiger partial charge in [0.15, 0.2) is 0 Å². The van der Waals surface area contributed by atoms with Crippen molar-refractivity contribution in [1.29, 1.82) is 0 Å². The van der Waals surface area contributed by atoms with Gasteiger partial charge >= 0.3 is 5.97 Å². The molecule has 0 aromatic heterocycles. The molecule has 0 N–H and O–H groups in total. The molecule has 4 unspecified atom stereocenters. The molecule has 2 heteroatoms. The van der Waals surface area contributed by atoms with Crippen molar-refractivity contribution in [1.82, 2.24) is 0 Å². The number of esters is 1. The minimum Gasteiger partial charge on any atom is -0.462 e. The highest BCUT2D eigenvalue weighted by Crippen LogP contribution is 2.51. The number of carbonyl (C=O) groups is 1. The second-order valence-corrected chi connectivity index (χ2v) is 6.12. The van der Waals surface area contributed by atoms with Crippen LogP contribution in [0.2, 0.25) is 0 Å². The number of fused-ring (bicyclic) bond motifs is 1. The van der Waals surface area contributed by atoms with E-state index in [1.165, 1.54) is 31.8 Å². The highest BCUT2D eigenvalue weighted by atomic mass is 16.5. The van der Waals surface area contributed by atoms with Gasteiger partial charge in [0.1, 0.15) is 6.10 Å². The lowest BCUT2D eigenvalue weighted by molar-refractivity contribution is -0.157. The molecule has 0 heterocycles. The molecule has 0 bridgehead atoms. The first kappa shape index (κ1) is 12.7. The van der Waals surface area contributed by atoms with Crippen molar-refractivity contribution >= 4 is 5.97 Å². The van der Waals surface area contributed by atoms with E-state index < -0.39 is 0 Å². The first-order valence-electron chi connectivity index (χ1n) is 6.80. The molecule has 17 heavy (non-hydrogen) atoms. The second kappa shape index (κ2) is 4.47. The second-order valence-electron chi connectivity index (χ2n) is 6.12. The number of allylic oxidation sites excluding steroid dienone is 1. The van der Waals surface area contributed by atoms with Gasteiger partial charge in [-0.05, 0) is 44.4 Å². The van der Waals surface area contributed by atoms with Crippen molar-refractivity contribution in [2.24, 2.45) is 17.3 Å². The van der Waals surface area contributed by atoms with Crippen LogP contribution in [0, 0.1) is 17.3 Å². The van der Waals surface area contributed by atoms with Crippen molar-refractivity contribution in [2.75, 3.05) is 0 Å². The summed E-state index contributed by atoms with van der Waals surface area (Å²) >= 11 is 0. The van der Waals surface area contributed by atoms with Crippen molar-refractivity contribution in [3.8, 4) is 0 Å². The van der Waals surface area contributed by atoms with Gasteiger partial charge in [-0.1, -0.05) is 25.5 Å². The van der Waals surface area contributed by atoms with Gasteiger partial charge in [-0.2, -0.15) is 0 Å². The predicted molar refractivity (Wildman–Crippen MR) is 68.5 cm³/mol. The van der Waals surface area contributed by atoms with Crippen molar-refractivity contribution in [3.63, 3.8) is 0 Å². The van der Waals surface area contributed by atoms with Gasteiger partial charge in [0.05, 0.1) is 0 Å². The van der Waals surface area contributed by atoms with Gasteiger partial charge in [0, 0.05) is 12.3 Å². The largest absolute Gasteiger partial charge is 0.462 e. The molecule has 0 aliphatic heterocycles. The fraction of sp³-hybridized carbons (Fsp3) is 0.800. The van der Waals surface area contributed by atoms with E-state index in [0.717, 1.165) is 6.42 Å². The van der Waals surface area contributed by atoms with E-state index in [9.17, 15) is 4.79 Å². The molecule has 2 rings (SSSR count). The van der Waals surface area contributed by atoms with Crippen LogP contribution in [-0.4, -0.2) is 12.1 Å². The average molecular weight is 236 g/mol. The summed E-state index contributed by atoms with van der Waals surface area (Å²) < 4.78 is 5.56. The normalized spacial score (nSPS) is 41.4. The zero-order valence-electron chi connectivity index (χ0n) is 11.5. The minimum atomic E-state index is -0.137. The van der Waals surface area contributed by atoms with E-state index in [1.54, 1.807) is 0 Å². The quantitative estimate of drug-likeness (QED) is 0.512. The predicted octanol–water partition coefficient (Wildman–Crippen LogP) is 3.71. The summed E-state index contributed by atoms with van der Waals surface area (Å²) in [7, 11) is 0. The van der Waals surface area contributed by atoms with Crippen molar-refractivity contribution < 1.29 is 9.53 Å². The molecule has 2 aliphatic rings. The number of carbonyl (C=O) groups excluding carboxylic acids is 1. The Bertz CT molecular complexity index is 345.